The van der Waals surface area contributed by atoms with E-state index >= 15 is 0 Å². The molecule has 0 unspecified atom stereocenters. The number of hydrazine groups is 1. The van der Waals surface area contributed by atoms with Crippen LogP contribution in [0.25, 0.3) is 0 Å². The maximum atomic E-state index is 12.5. The molecule has 6 nitrogen and oxygen atoms in total. The summed E-state index contributed by atoms with van der Waals surface area (Å²) in [6.45, 7) is 3.22. The summed E-state index contributed by atoms with van der Waals surface area (Å²) in [6, 6.07) is 3.49. The fraction of sp³-hybridized carbons (Fsp3) is 0.333. The Bertz CT molecular complexity index is 529. The maximum Gasteiger partial charge on any atom is 0.416 e. The van der Waals surface area contributed by atoms with Crippen molar-refractivity contribution in [2.24, 2.45) is 5.16 Å². The second-order valence-electron chi connectivity index (χ2n) is 4.75. The van der Waals surface area contributed by atoms with Gasteiger partial charge in [-0.15, -0.1) is 5.16 Å². The van der Waals surface area contributed by atoms with E-state index in [1.54, 1.807) is 13.8 Å². The molecule has 1 rings (SSSR count). The number of benzene rings is 1. The molecular formula is C12H15F3N4O2. The molecule has 0 bridgehead atoms. The van der Waals surface area contributed by atoms with Crippen LogP contribution in [0.2, 0.25) is 0 Å². The number of urea groups is 1. The first-order chi connectivity index (χ1) is 9.64. The third-order valence-electron chi connectivity index (χ3n) is 2.33. The summed E-state index contributed by atoms with van der Waals surface area (Å²) in [5.74, 6) is 0. The number of amides is 2. The van der Waals surface area contributed by atoms with Crippen LogP contribution in [0, 0.1) is 0 Å². The minimum absolute atomic E-state index is 0.00208. The molecule has 0 aliphatic carbocycles. The van der Waals surface area contributed by atoms with Gasteiger partial charge in [0, 0.05) is 5.69 Å². The van der Waals surface area contributed by atoms with Gasteiger partial charge < -0.3 is 10.5 Å². The molecule has 0 fully saturated rings. The molecule has 0 aromatic heterocycles. The lowest BCUT2D eigenvalue weighted by atomic mass is 10.1. The average Bonchev–Trinajstić information content (AvgIpc) is 2.36. The van der Waals surface area contributed by atoms with Gasteiger partial charge in [0.15, 0.2) is 0 Å². The van der Waals surface area contributed by atoms with Crippen LogP contribution in [0.1, 0.15) is 19.4 Å². The lowest BCUT2D eigenvalue weighted by molar-refractivity contribution is -0.137. The monoisotopic (exact) mass is 304 g/mol. The lowest BCUT2D eigenvalue weighted by Gasteiger charge is -2.21. The van der Waals surface area contributed by atoms with E-state index in [2.05, 4.69) is 21.3 Å². The molecule has 0 aliphatic heterocycles. The van der Waals surface area contributed by atoms with E-state index in [-0.39, 0.29) is 5.69 Å². The minimum Gasteiger partial charge on any atom is -0.411 e. The van der Waals surface area contributed by atoms with E-state index in [9.17, 15) is 18.0 Å². The lowest BCUT2D eigenvalue weighted by Crippen LogP contribution is -2.52. The second-order valence-corrected chi connectivity index (χ2v) is 4.75. The van der Waals surface area contributed by atoms with Gasteiger partial charge in [-0.2, -0.15) is 13.2 Å². The normalized spacial score (nSPS) is 12.4. The van der Waals surface area contributed by atoms with Crippen LogP contribution < -0.4 is 16.2 Å². The zero-order valence-electron chi connectivity index (χ0n) is 11.3. The van der Waals surface area contributed by atoms with Gasteiger partial charge in [-0.25, -0.2) is 10.2 Å². The minimum atomic E-state index is -4.48. The Labute approximate surface area is 119 Å². The molecule has 0 atom stereocenters. The van der Waals surface area contributed by atoms with Gasteiger partial charge >= 0.3 is 12.2 Å². The molecule has 0 aliphatic rings. The maximum absolute atomic E-state index is 12.5. The van der Waals surface area contributed by atoms with E-state index in [4.69, 9.17) is 5.21 Å². The zero-order valence-corrected chi connectivity index (χ0v) is 11.3. The van der Waals surface area contributed by atoms with Gasteiger partial charge in [0.25, 0.3) is 0 Å². The molecule has 0 saturated carbocycles. The van der Waals surface area contributed by atoms with Crippen molar-refractivity contribution in [2.75, 3.05) is 5.32 Å². The van der Waals surface area contributed by atoms with Crippen molar-refractivity contribution in [1.29, 1.82) is 0 Å². The van der Waals surface area contributed by atoms with Gasteiger partial charge in [-0.05, 0) is 32.0 Å². The Morgan fingerprint density at radius 3 is 2.57 bits per heavy atom. The van der Waals surface area contributed by atoms with E-state index in [1.807, 2.05) is 0 Å². The molecule has 4 N–H and O–H groups in total. The molecule has 116 valence electrons. The predicted octanol–water partition coefficient (Wildman–Crippen LogP) is 2.57. The number of anilines is 1. The standard InChI is InChI=1S/C12H15F3N4O2/c1-11(2,7-16-21)19-18-10(20)17-9-5-3-4-8(6-9)12(13,14)15/h3-7,19,21H,1-2H3,(H2,17,18,20). The molecule has 2 amide bonds. The van der Waals surface area contributed by atoms with E-state index in [0.29, 0.717) is 0 Å². The van der Waals surface area contributed by atoms with Crippen molar-refractivity contribution in [1.82, 2.24) is 10.9 Å². The van der Waals surface area contributed by atoms with Crippen LogP contribution in [-0.4, -0.2) is 23.0 Å². The smallest absolute Gasteiger partial charge is 0.411 e. The van der Waals surface area contributed by atoms with Crippen molar-refractivity contribution < 1.29 is 23.2 Å². The molecule has 0 spiro atoms. The SMILES string of the molecule is CC(C)(C=NO)NNC(=O)Nc1cccc(C(F)(F)F)c1. The van der Waals surface area contributed by atoms with Gasteiger partial charge in [-0.3, -0.25) is 5.43 Å². The van der Waals surface area contributed by atoms with Crippen LogP contribution in [0.4, 0.5) is 23.7 Å². The molecule has 0 saturated heterocycles. The average molecular weight is 304 g/mol. The highest BCUT2D eigenvalue weighted by Gasteiger charge is 2.30. The van der Waals surface area contributed by atoms with E-state index < -0.39 is 23.3 Å². The van der Waals surface area contributed by atoms with Crippen molar-refractivity contribution in [3.63, 3.8) is 0 Å². The first-order valence-corrected chi connectivity index (χ1v) is 5.84. The summed E-state index contributed by atoms with van der Waals surface area (Å²) in [6.07, 6.45) is -3.34. The van der Waals surface area contributed by atoms with Gasteiger partial charge in [0.05, 0.1) is 17.3 Å². The van der Waals surface area contributed by atoms with Crippen LogP contribution >= 0.6 is 0 Å². The molecule has 0 heterocycles. The van der Waals surface area contributed by atoms with Gasteiger partial charge in [0.1, 0.15) is 0 Å². The molecule has 1 aromatic rings. The fourth-order valence-corrected chi connectivity index (χ4v) is 1.33. The Kier molecular flexibility index (Phi) is 5.14. The molecule has 0 radical (unpaired) electrons. The number of oxime groups is 1. The van der Waals surface area contributed by atoms with Crippen LogP contribution in [-0.2, 0) is 6.18 Å². The highest BCUT2D eigenvalue weighted by Crippen LogP contribution is 2.30. The Hall–Kier alpha value is -2.29. The first kappa shape index (κ1) is 16.8. The molecule has 9 heteroatoms. The number of hydrogen-bond acceptors (Lipinski definition) is 4. The summed E-state index contributed by atoms with van der Waals surface area (Å²) in [5, 5.41) is 13.5. The van der Waals surface area contributed by atoms with Crippen molar-refractivity contribution >= 4 is 17.9 Å². The summed E-state index contributed by atoms with van der Waals surface area (Å²) < 4.78 is 37.5. The van der Waals surface area contributed by atoms with Gasteiger partial charge in [0.2, 0.25) is 0 Å². The topological polar surface area (TPSA) is 85.8 Å². The van der Waals surface area contributed by atoms with Crippen molar-refractivity contribution in [3.05, 3.63) is 29.8 Å². The molecular weight excluding hydrogens is 289 g/mol. The number of rotatable bonds is 4. The van der Waals surface area contributed by atoms with Crippen molar-refractivity contribution in [2.45, 2.75) is 25.6 Å². The largest absolute Gasteiger partial charge is 0.416 e. The Balaban J connectivity index is 2.64. The third kappa shape index (κ3) is 5.69. The second kappa shape index (κ2) is 6.44. The molecule has 1 aromatic carbocycles. The number of hydrogen-bond donors (Lipinski definition) is 4. The zero-order chi connectivity index (χ0) is 16.1. The summed E-state index contributed by atoms with van der Waals surface area (Å²) in [5.41, 5.74) is 3.07. The highest BCUT2D eigenvalue weighted by atomic mass is 19.4. The Morgan fingerprint density at radius 1 is 1.33 bits per heavy atom. The van der Waals surface area contributed by atoms with Crippen LogP contribution in [0.3, 0.4) is 0 Å². The van der Waals surface area contributed by atoms with Crippen LogP contribution in [0.5, 0.6) is 0 Å². The summed E-state index contributed by atoms with van der Waals surface area (Å²) in [4.78, 5) is 11.6. The van der Waals surface area contributed by atoms with E-state index in [1.165, 1.54) is 12.1 Å². The van der Waals surface area contributed by atoms with Gasteiger partial charge in [-0.1, -0.05) is 6.07 Å². The van der Waals surface area contributed by atoms with Crippen molar-refractivity contribution in [3.8, 4) is 0 Å². The fourth-order valence-electron chi connectivity index (χ4n) is 1.33. The highest BCUT2D eigenvalue weighted by molar-refractivity contribution is 5.89. The Morgan fingerprint density at radius 2 is 2.00 bits per heavy atom. The number of carbonyl (C=O) groups is 1. The number of carbonyl (C=O) groups excluding carboxylic acids is 1. The summed E-state index contributed by atoms with van der Waals surface area (Å²) in [7, 11) is 0. The molecule has 21 heavy (non-hydrogen) atoms. The predicted molar refractivity (Wildman–Crippen MR) is 71.1 cm³/mol. The third-order valence-corrected chi connectivity index (χ3v) is 2.33. The quantitative estimate of drug-likeness (QED) is 0.392. The van der Waals surface area contributed by atoms with E-state index in [0.717, 1.165) is 18.3 Å². The number of nitrogens with zero attached hydrogens (tertiary/aromatic N) is 1. The first-order valence-electron chi connectivity index (χ1n) is 5.84. The van der Waals surface area contributed by atoms with Crippen LogP contribution in [0.15, 0.2) is 29.4 Å². The number of alkyl halides is 3. The summed E-state index contributed by atoms with van der Waals surface area (Å²) >= 11 is 0. The number of halogens is 3. The number of nitrogens with one attached hydrogen (secondary N) is 3.